The summed E-state index contributed by atoms with van der Waals surface area (Å²) in [6.07, 6.45) is -1.99. The van der Waals surface area contributed by atoms with Crippen molar-refractivity contribution in [2.45, 2.75) is 19.6 Å². The van der Waals surface area contributed by atoms with Crippen LogP contribution in [0.25, 0.3) is 11.2 Å². The minimum atomic E-state index is -4.52. The minimum absolute atomic E-state index is 0.208. The zero-order chi connectivity index (χ0) is 11.1. The number of alkyl halides is 3. The summed E-state index contributed by atoms with van der Waals surface area (Å²) in [6.45, 7) is 2.32. The summed E-state index contributed by atoms with van der Waals surface area (Å²) in [5, 5.41) is 0. The Kier molecular flexibility index (Phi) is 2.09. The van der Waals surface area contributed by atoms with Gasteiger partial charge in [-0.3, -0.25) is 0 Å². The van der Waals surface area contributed by atoms with Gasteiger partial charge in [0, 0.05) is 6.54 Å². The van der Waals surface area contributed by atoms with Gasteiger partial charge in [0.05, 0.1) is 12.5 Å². The van der Waals surface area contributed by atoms with E-state index >= 15 is 0 Å². The average Bonchev–Trinajstić information content (AvgIpc) is 2.57. The molecule has 0 spiro atoms. The molecule has 0 atom stereocenters. The van der Waals surface area contributed by atoms with Gasteiger partial charge >= 0.3 is 6.18 Å². The Balaban J connectivity index is 2.63. The molecule has 0 aromatic carbocycles. The molecule has 0 N–H and O–H groups in total. The molecule has 2 aromatic rings. The first-order valence-corrected chi connectivity index (χ1v) is 4.27. The van der Waals surface area contributed by atoms with E-state index in [9.17, 15) is 13.2 Å². The maximum absolute atomic E-state index is 12.3. The van der Waals surface area contributed by atoms with Crippen molar-refractivity contribution in [2.24, 2.45) is 0 Å². The van der Waals surface area contributed by atoms with Crippen LogP contribution in [0.5, 0.6) is 0 Å². The molecule has 4 nitrogen and oxygen atoms in total. The quantitative estimate of drug-likeness (QED) is 0.730. The summed E-state index contributed by atoms with van der Waals surface area (Å²) in [7, 11) is 0. The molecule has 0 saturated heterocycles. The molecule has 0 aliphatic carbocycles. The topological polar surface area (TPSA) is 43.6 Å². The Morgan fingerprint density at radius 1 is 1.33 bits per heavy atom. The number of fused-ring (bicyclic) bond motifs is 1. The monoisotopic (exact) mass is 216 g/mol. The summed E-state index contributed by atoms with van der Waals surface area (Å²) in [5.74, 6) is -1.13. The molecule has 2 aromatic heterocycles. The van der Waals surface area contributed by atoms with E-state index in [-0.39, 0.29) is 5.65 Å². The van der Waals surface area contributed by atoms with Gasteiger partial charge in [0.15, 0.2) is 5.65 Å². The number of hydrogen-bond acceptors (Lipinski definition) is 3. The standard InChI is InChI=1S/C8H7F3N4/c1-2-15-4-13-5-3-12-7(8(9,10)11)14-6(5)15/h3-4H,2H2,1H3. The van der Waals surface area contributed by atoms with E-state index in [4.69, 9.17) is 0 Å². The van der Waals surface area contributed by atoms with E-state index in [1.807, 2.05) is 0 Å². The fourth-order valence-electron chi connectivity index (χ4n) is 1.22. The van der Waals surface area contributed by atoms with Gasteiger partial charge in [-0.2, -0.15) is 13.2 Å². The van der Waals surface area contributed by atoms with Crippen LogP contribution in [0.4, 0.5) is 13.2 Å². The highest BCUT2D eigenvalue weighted by atomic mass is 19.4. The highest BCUT2D eigenvalue weighted by molar-refractivity contribution is 5.69. The van der Waals surface area contributed by atoms with Crippen LogP contribution < -0.4 is 0 Å². The second kappa shape index (κ2) is 3.18. The maximum atomic E-state index is 12.3. The smallest absolute Gasteiger partial charge is 0.315 e. The van der Waals surface area contributed by atoms with Crippen LogP contribution in [-0.4, -0.2) is 19.5 Å². The normalized spacial score (nSPS) is 12.3. The average molecular weight is 216 g/mol. The van der Waals surface area contributed by atoms with Gasteiger partial charge in [-0.05, 0) is 6.92 Å². The highest BCUT2D eigenvalue weighted by Crippen LogP contribution is 2.26. The predicted octanol–water partition coefficient (Wildman–Crippen LogP) is 1.86. The first-order valence-electron chi connectivity index (χ1n) is 4.27. The zero-order valence-electron chi connectivity index (χ0n) is 7.78. The number of aryl methyl sites for hydroxylation is 1. The van der Waals surface area contributed by atoms with Gasteiger partial charge < -0.3 is 4.57 Å². The largest absolute Gasteiger partial charge is 0.451 e. The van der Waals surface area contributed by atoms with Gasteiger partial charge in [0.25, 0.3) is 0 Å². The molecule has 0 amide bonds. The molecule has 15 heavy (non-hydrogen) atoms. The lowest BCUT2D eigenvalue weighted by molar-refractivity contribution is -0.144. The molecule has 0 saturated carbocycles. The number of aromatic nitrogens is 4. The van der Waals surface area contributed by atoms with E-state index in [1.165, 1.54) is 10.9 Å². The number of rotatable bonds is 1. The van der Waals surface area contributed by atoms with Crippen LogP contribution in [0.1, 0.15) is 12.7 Å². The third-order valence-electron chi connectivity index (χ3n) is 1.95. The molecule has 2 heterocycles. The molecule has 0 aliphatic rings. The van der Waals surface area contributed by atoms with Crippen LogP contribution in [0.2, 0.25) is 0 Å². The Morgan fingerprint density at radius 2 is 2.07 bits per heavy atom. The Labute approximate surface area is 82.8 Å². The van der Waals surface area contributed by atoms with Crippen molar-refractivity contribution in [3.05, 3.63) is 18.3 Å². The Hall–Kier alpha value is -1.66. The molecule has 0 aliphatic heterocycles. The lowest BCUT2D eigenvalue weighted by Gasteiger charge is -2.04. The van der Waals surface area contributed by atoms with Crippen molar-refractivity contribution in [2.75, 3.05) is 0 Å². The number of nitrogens with zero attached hydrogens (tertiary/aromatic N) is 4. The van der Waals surface area contributed by atoms with Crippen molar-refractivity contribution in [3.63, 3.8) is 0 Å². The molecule has 7 heteroatoms. The van der Waals surface area contributed by atoms with Crippen LogP contribution >= 0.6 is 0 Å². The van der Waals surface area contributed by atoms with Crippen molar-refractivity contribution < 1.29 is 13.2 Å². The van der Waals surface area contributed by atoms with Crippen LogP contribution in [0.15, 0.2) is 12.5 Å². The third kappa shape index (κ3) is 1.64. The summed E-state index contributed by atoms with van der Waals surface area (Å²) in [4.78, 5) is 10.5. The van der Waals surface area contributed by atoms with Crippen molar-refractivity contribution in [1.29, 1.82) is 0 Å². The van der Waals surface area contributed by atoms with Crippen LogP contribution in [0, 0.1) is 0 Å². The van der Waals surface area contributed by atoms with Gasteiger partial charge in [-0.1, -0.05) is 0 Å². The molecule has 0 radical (unpaired) electrons. The fourth-order valence-corrected chi connectivity index (χ4v) is 1.22. The summed E-state index contributed by atoms with van der Waals surface area (Å²) >= 11 is 0. The molecular weight excluding hydrogens is 209 g/mol. The van der Waals surface area contributed by atoms with Gasteiger partial charge in [0.1, 0.15) is 5.52 Å². The van der Waals surface area contributed by atoms with Gasteiger partial charge in [-0.25, -0.2) is 15.0 Å². The van der Waals surface area contributed by atoms with Gasteiger partial charge in [0.2, 0.25) is 5.82 Å². The molecule has 0 fully saturated rings. The third-order valence-corrected chi connectivity index (χ3v) is 1.95. The van der Waals surface area contributed by atoms with Crippen molar-refractivity contribution in [1.82, 2.24) is 19.5 Å². The maximum Gasteiger partial charge on any atom is 0.451 e. The van der Waals surface area contributed by atoms with E-state index in [1.54, 1.807) is 6.92 Å². The summed E-state index contributed by atoms with van der Waals surface area (Å²) in [5.41, 5.74) is 0.574. The minimum Gasteiger partial charge on any atom is -0.315 e. The number of hydrogen-bond donors (Lipinski definition) is 0. The second-order valence-corrected chi connectivity index (χ2v) is 2.93. The molecular formula is C8H7F3N4. The second-order valence-electron chi connectivity index (χ2n) is 2.93. The van der Waals surface area contributed by atoms with E-state index in [0.717, 1.165) is 6.20 Å². The molecule has 80 valence electrons. The molecule has 2 rings (SSSR count). The lowest BCUT2D eigenvalue weighted by atomic mass is 10.5. The SMILES string of the molecule is CCn1cnc2cnc(C(F)(F)F)nc21. The summed E-state index contributed by atoms with van der Waals surface area (Å²) in [6, 6.07) is 0. The van der Waals surface area contributed by atoms with Gasteiger partial charge in [-0.15, -0.1) is 0 Å². The first-order chi connectivity index (χ1) is 7.02. The summed E-state index contributed by atoms with van der Waals surface area (Å²) < 4.78 is 38.4. The number of imidazole rings is 1. The Morgan fingerprint density at radius 3 is 2.67 bits per heavy atom. The van der Waals surface area contributed by atoms with E-state index < -0.39 is 12.0 Å². The van der Waals surface area contributed by atoms with E-state index in [2.05, 4.69) is 15.0 Å². The van der Waals surface area contributed by atoms with Crippen LogP contribution in [-0.2, 0) is 12.7 Å². The fraction of sp³-hybridized carbons (Fsp3) is 0.375. The highest BCUT2D eigenvalue weighted by Gasteiger charge is 2.35. The predicted molar refractivity (Wildman–Crippen MR) is 46.0 cm³/mol. The Bertz CT molecular complexity index is 488. The van der Waals surface area contributed by atoms with Crippen LogP contribution in [0.3, 0.4) is 0 Å². The van der Waals surface area contributed by atoms with Crippen molar-refractivity contribution in [3.8, 4) is 0 Å². The lowest BCUT2D eigenvalue weighted by Crippen LogP contribution is -2.11. The number of halogens is 3. The van der Waals surface area contributed by atoms with Crippen molar-refractivity contribution >= 4 is 11.2 Å². The molecule has 0 bridgehead atoms. The zero-order valence-corrected chi connectivity index (χ0v) is 7.78. The first kappa shape index (κ1) is 9.88. The molecule has 0 unspecified atom stereocenters. The van der Waals surface area contributed by atoms with E-state index in [0.29, 0.717) is 12.1 Å².